The number of para-hydroxylation sites is 2. The SMILES string of the molecule is O=C1NC2CCN(c3cccc(-n4cnc5ccccc54)n3)C1C2. The Bertz CT molecular complexity index is 934. The molecule has 1 aromatic carbocycles. The van der Waals surface area contributed by atoms with Gasteiger partial charge in [-0.15, -0.1) is 0 Å². The van der Waals surface area contributed by atoms with E-state index < -0.39 is 0 Å². The van der Waals surface area contributed by atoms with Crippen molar-refractivity contribution in [3.05, 3.63) is 48.8 Å². The third-order valence-electron chi connectivity index (χ3n) is 4.97. The predicted molar refractivity (Wildman–Crippen MR) is 91.2 cm³/mol. The van der Waals surface area contributed by atoms with Gasteiger partial charge < -0.3 is 10.2 Å². The second-order valence-corrected chi connectivity index (χ2v) is 6.40. The number of benzene rings is 1. The van der Waals surface area contributed by atoms with E-state index in [2.05, 4.69) is 15.2 Å². The first-order valence-electron chi connectivity index (χ1n) is 8.26. The monoisotopic (exact) mass is 319 g/mol. The number of hydrogen-bond acceptors (Lipinski definition) is 4. The minimum atomic E-state index is -0.0916. The van der Waals surface area contributed by atoms with Gasteiger partial charge in [-0.05, 0) is 37.1 Å². The summed E-state index contributed by atoms with van der Waals surface area (Å²) in [5.41, 5.74) is 1.97. The zero-order valence-electron chi connectivity index (χ0n) is 13.1. The van der Waals surface area contributed by atoms with Gasteiger partial charge in [-0.25, -0.2) is 9.97 Å². The molecule has 2 fully saturated rings. The largest absolute Gasteiger partial charge is 0.351 e. The topological polar surface area (TPSA) is 63.1 Å². The van der Waals surface area contributed by atoms with Crippen LogP contribution in [0.3, 0.4) is 0 Å². The van der Waals surface area contributed by atoms with Crippen LogP contribution >= 0.6 is 0 Å². The molecule has 2 saturated heterocycles. The van der Waals surface area contributed by atoms with Gasteiger partial charge in [0, 0.05) is 12.6 Å². The number of nitrogens with zero attached hydrogens (tertiary/aromatic N) is 4. The molecule has 3 aromatic rings. The van der Waals surface area contributed by atoms with Gasteiger partial charge in [-0.3, -0.25) is 9.36 Å². The first-order valence-corrected chi connectivity index (χ1v) is 8.26. The molecule has 0 saturated carbocycles. The summed E-state index contributed by atoms with van der Waals surface area (Å²) in [5.74, 6) is 1.80. The minimum Gasteiger partial charge on any atom is -0.351 e. The van der Waals surface area contributed by atoms with E-state index in [1.165, 1.54) is 0 Å². The maximum atomic E-state index is 12.1. The molecular weight excluding hydrogens is 302 g/mol. The van der Waals surface area contributed by atoms with Gasteiger partial charge in [0.1, 0.15) is 24.0 Å². The lowest BCUT2D eigenvalue weighted by Gasteiger charge is -2.32. The number of nitrogens with one attached hydrogen (secondary N) is 1. The maximum Gasteiger partial charge on any atom is 0.243 e. The number of carbonyl (C=O) groups is 1. The van der Waals surface area contributed by atoms with E-state index in [0.29, 0.717) is 6.04 Å². The van der Waals surface area contributed by atoms with Crippen molar-refractivity contribution < 1.29 is 4.79 Å². The van der Waals surface area contributed by atoms with Crippen LogP contribution in [0.2, 0.25) is 0 Å². The van der Waals surface area contributed by atoms with Crippen molar-refractivity contribution in [2.75, 3.05) is 11.4 Å². The van der Waals surface area contributed by atoms with E-state index in [1.807, 2.05) is 47.0 Å². The molecule has 24 heavy (non-hydrogen) atoms. The van der Waals surface area contributed by atoms with Gasteiger partial charge in [-0.1, -0.05) is 18.2 Å². The standard InChI is InChI=1S/C18H17N5O/c24-18-15-10-12(20-18)8-9-22(15)16-6-3-7-17(21-16)23-11-19-13-4-1-2-5-14(13)23/h1-7,11-12,15H,8-10H2,(H,20,24). The Morgan fingerprint density at radius 2 is 1.96 bits per heavy atom. The average Bonchev–Trinajstić information content (AvgIpc) is 3.17. The van der Waals surface area contributed by atoms with Crippen LogP contribution in [0.1, 0.15) is 12.8 Å². The van der Waals surface area contributed by atoms with Crippen molar-refractivity contribution in [2.45, 2.75) is 24.9 Å². The summed E-state index contributed by atoms with van der Waals surface area (Å²) in [6, 6.07) is 14.2. The fourth-order valence-corrected chi connectivity index (χ4v) is 3.76. The Hall–Kier alpha value is -2.89. The zero-order chi connectivity index (χ0) is 16.1. The number of anilines is 1. The van der Waals surface area contributed by atoms with Crippen molar-refractivity contribution >= 4 is 22.8 Å². The summed E-state index contributed by atoms with van der Waals surface area (Å²) in [6.07, 6.45) is 3.65. The second-order valence-electron chi connectivity index (χ2n) is 6.40. The number of piperidine rings is 1. The number of pyridine rings is 1. The quantitative estimate of drug-likeness (QED) is 0.783. The van der Waals surface area contributed by atoms with Crippen LogP contribution in [0.25, 0.3) is 16.9 Å². The number of carbonyl (C=O) groups excluding carboxylic acids is 1. The second kappa shape index (κ2) is 5.06. The molecule has 0 radical (unpaired) electrons. The fourth-order valence-electron chi connectivity index (χ4n) is 3.76. The Morgan fingerprint density at radius 1 is 1.08 bits per heavy atom. The maximum absolute atomic E-state index is 12.1. The van der Waals surface area contributed by atoms with Gasteiger partial charge >= 0.3 is 0 Å². The predicted octanol–water partition coefficient (Wildman–Crippen LogP) is 1.89. The summed E-state index contributed by atoms with van der Waals surface area (Å²) < 4.78 is 1.99. The average molecular weight is 319 g/mol. The first-order chi connectivity index (χ1) is 11.8. The van der Waals surface area contributed by atoms with Crippen LogP contribution in [0.4, 0.5) is 5.82 Å². The molecular formula is C18H17N5O. The summed E-state index contributed by atoms with van der Waals surface area (Å²) in [7, 11) is 0. The van der Waals surface area contributed by atoms with E-state index in [9.17, 15) is 4.79 Å². The third kappa shape index (κ3) is 1.99. The van der Waals surface area contributed by atoms with Gasteiger partial charge in [0.05, 0.1) is 11.0 Å². The Balaban J connectivity index is 1.56. The Kier molecular flexibility index (Phi) is 2.85. The molecule has 2 aliphatic rings. The summed E-state index contributed by atoms with van der Waals surface area (Å²) >= 11 is 0. The van der Waals surface area contributed by atoms with Crippen LogP contribution in [-0.2, 0) is 4.79 Å². The molecule has 1 amide bonds. The molecule has 120 valence electrons. The molecule has 0 aliphatic carbocycles. The molecule has 4 heterocycles. The van der Waals surface area contributed by atoms with Crippen molar-refractivity contribution in [3.8, 4) is 5.82 Å². The molecule has 0 spiro atoms. The summed E-state index contributed by atoms with van der Waals surface area (Å²) in [6.45, 7) is 0.856. The number of hydrogen-bond donors (Lipinski definition) is 1. The highest BCUT2D eigenvalue weighted by Crippen LogP contribution is 2.28. The van der Waals surface area contributed by atoms with Crippen LogP contribution in [0.5, 0.6) is 0 Å². The molecule has 6 nitrogen and oxygen atoms in total. The minimum absolute atomic E-state index is 0.0916. The highest BCUT2D eigenvalue weighted by Gasteiger charge is 2.40. The highest BCUT2D eigenvalue weighted by molar-refractivity contribution is 5.88. The van der Waals surface area contributed by atoms with Crippen LogP contribution in [0, 0.1) is 0 Å². The molecule has 1 N–H and O–H groups in total. The lowest BCUT2D eigenvalue weighted by molar-refractivity contribution is -0.120. The van der Waals surface area contributed by atoms with Gasteiger partial charge in [-0.2, -0.15) is 0 Å². The van der Waals surface area contributed by atoms with Crippen molar-refractivity contribution in [1.82, 2.24) is 19.9 Å². The van der Waals surface area contributed by atoms with Gasteiger partial charge in [0.15, 0.2) is 0 Å². The number of rotatable bonds is 2. The van der Waals surface area contributed by atoms with E-state index in [1.54, 1.807) is 6.33 Å². The third-order valence-corrected chi connectivity index (χ3v) is 4.97. The van der Waals surface area contributed by atoms with Crippen LogP contribution in [0.15, 0.2) is 48.8 Å². The Morgan fingerprint density at radius 3 is 2.92 bits per heavy atom. The number of aromatic nitrogens is 3. The normalized spacial score (nSPS) is 22.8. The lowest BCUT2D eigenvalue weighted by Crippen LogP contribution is -2.42. The molecule has 2 bridgehead atoms. The highest BCUT2D eigenvalue weighted by atomic mass is 16.2. The van der Waals surface area contributed by atoms with E-state index >= 15 is 0 Å². The molecule has 2 aromatic heterocycles. The Labute approximate surface area is 139 Å². The smallest absolute Gasteiger partial charge is 0.243 e. The molecule has 2 unspecified atom stereocenters. The zero-order valence-corrected chi connectivity index (χ0v) is 13.1. The van der Waals surface area contributed by atoms with E-state index in [-0.39, 0.29) is 11.9 Å². The van der Waals surface area contributed by atoms with Crippen molar-refractivity contribution in [1.29, 1.82) is 0 Å². The van der Waals surface area contributed by atoms with Gasteiger partial charge in [0.25, 0.3) is 0 Å². The summed E-state index contributed by atoms with van der Waals surface area (Å²) in [5, 5.41) is 3.06. The van der Waals surface area contributed by atoms with E-state index in [4.69, 9.17) is 4.98 Å². The van der Waals surface area contributed by atoms with Crippen molar-refractivity contribution in [2.24, 2.45) is 0 Å². The number of imidazole rings is 1. The fraction of sp³-hybridized carbons (Fsp3) is 0.278. The lowest BCUT2D eigenvalue weighted by atomic mass is 10.0. The molecule has 6 heteroatoms. The number of fused-ring (bicyclic) bond motifs is 3. The van der Waals surface area contributed by atoms with E-state index in [0.717, 1.165) is 42.1 Å². The van der Waals surface area contributed by atoms with Gasteiger partial charge in [0.2, 0.25) is 5.91 Å². The van der Waals surface area contributed by atoms with Crippen LogP contribution in [-0.4, -0.2) is 39.1 Å². The first kappa shape index (κ1) is 13.5. The molecule has 2 atom stereocenters. The van der Waals surface area contributed by atoms with Crippen LogP contribution < -0.4 is 10.2 Å². The molecule has 2 aliphatic heterocycles. The van der Waals surface area contributed by atoms with Crippen molar-refractivity contribution in [3.63, 3.8) is 0 Å². The summed E-state index contributed by atoms with van der Waals surface area (Å²) in [4.78, 5) is 23.5. The number of amides is 1. The molecule has 5 rings (SSSR count).